The van der Waals surface area contributed by atoms with Gasteiger partial charge in [0.1, 0.15) is 0 Å². The van der Waals surface area contributed by atoms with Gasteiger partial charge in [0, 0.05) is 26.2 Å². The average Bonchev–Trinajstić information content (AvgIpc) is 3.15. The van der Waals surface area contributed by atoms with Crippen molar-refractivity contribution in [2.45, 2.75) is 17.0 Å². The lowest BCUT2D eigenvalue weighted by Crippen LogP contribution is -2.50. The van der Waals surface area contributed by atoms with Crippen molar-refractivity contribution in [2.24, 2.45) is 0 Å². The van der Waals surface area contributed by atoms with Gasteiger partial charge < -0.3 is 9.88 Å². The summed E-state index contributed by atoms with van der Waals surface area (Å²) in [7, 11) is -3.52. The van der Waals surface area contributed by atoms with Crippen molar-refractivity contribution in [3.8, 4) is 0 Å². The van der Waals surface area contributed by atoms with Crippen LogP contribution in [0.2, 0.25) is 0 Å². The van der Waals surface area contributed by atoms with E-state index >= 15 is 0 Å². The molecular weight excluding hydrogens is 408 g/mol. The van der Waals surface area contributed by atoms with Gasteiger partial charge in [-0.05, 0) is 31.2 Å². The number of para-hydroxylation sites is 2. The third-order valence-corrected chi connectivity index (χ3v) is 7.72. The first-order valence-corrected chi connectivity index (χ1v) is 11.8. The summed E-state index contributed by atoms with van der Waals surface area (Å²) < 4.78 is 27.0. The van der Waals surface area contributed by atoms with E-state index in [0.717, 1.165) is 16.6 Å². The molecule has 2 heterocycles. The van der Waals surface area contributed by atoms with Crippen LogP contribution in [0.15, 0.2) is 58.6 Å². The van der Waals surface area contributed by atoms with E-state index in [0.29, 0.717) is 36.2 Å². The summed E-state index contributed by atoms with van der Waals surface area (Å²) >= 11 is 1.36. The Morgan fingerprint density at radius 2 is 1.76 bits per heavy atom. The van der Waals surface area contributed by atoms with Crippen LogP contribution in [-0.2, 0) is 14.8 Å². The van der Waals surface area contributed by atoms with Gasteiger partial charge in [-0.3, -0.25) is 4.79 Å². The van der Waals surface area contributed by atoms with E-state index in [1.54, 1.807) is 29.2 Å². The first-order chi connectivity index (χ1) is 13.9. The second-order valence-electron chi connectivity index (χ2n) is 6.95. The summed E-state index contributed by atoms with van der Waals surface area (Å²) in [4.78, 5) is 22.2. The van der Waals surface area contributed by atoms with Crippen LogP contribution in [0.25, 0.3) is 11.0 Å². The minimum Gasteiger partial charge on any atom is -0.339 e. The van der Waals surface area contributed by atoms with Crippen molar-refractivity contribution in [1.82, 2.24) is 19.2 Å². The Bertz CT molecular complexity index is 1090. The number of sulfonamides is 1. The Hall–Kier alpha value is -2.36. The number of fused-ring (bicyclic) bond motifs is 1. The normalized spacial score (nSPS) is 15.7. The van der Waals surface area contributed by atoms with Gasteiger partial charge in [0.15, 0.2) is 5.16 Å². The quantitative estimate of drug-likeness (QED) is 0.629. The number of amides is 1. The number of hydrogen-bond donors (Lipinski definition) is 1. The maximum Gasteiger partial charge on any atom is 0.243 e. The van der Waals surface area contributed by atoms with Crippen LogP contribution in [0.1, 0.15) is 5.56 Å². The van der Waals surface area contributed by atoms with Crippen molar-refractivity contribution in [3.05, 3.63) is 54.1 Å². The number of benzene rings is 2. The highest BCUT2D eigenvalue weighted by Gasteiger charge is 2.30. The lowest BCUT2D eigenvalue weighted by molar-refractivity contribution is -0.129. The maximum atomic E-state index is 12.8. The fourth-order valence-electron chi connectivity index (χ4n) is 3.26. The maximum absolute atomic E-state index is 12.8. The van der Waals surface area contributed by atoms with Gasteiger partial charge in [-0.1, -0.05) is 41.6 Å². The van der Waals surface area contributed by atoms with Crippen molar-refractivity contribution < 1.29 is 13.2 Å². The number of carbonyl (C=O) groups is 1. The molecule has 0 saturated carbocycles. The largest absolute Gasteiger partial charge is 0.339 e. The molecule has 0 unspecified atom stereocenters. The predicted molar refractivity (Wildman–Crippen MR) is 113 cm³/mol. The SMILES string of the molecule is Cc1ccc(S(=O)(=O)N2CCN(C(=O)CSc3nc4ccccc4[nH]3)CC2)cc1. The molecule has 4 rings (SSSR count). The Morgan fingerprint density at radius 1 is 1.07 bits per heavy atom. The molecule has 152 valence electrons. The standard InChI is InChI=1S/C20H22N4O3S2/c1-15-6-8-16(9-7-15)29(26,27)24-12-10-23(11-13-24)19(25)14-28-20-21-17-4-2-3-5-18(17)22-20/h2-9H,10-14H2,1H3,(H,21,22). The second kappa shape index (κ2) is 8.17. The molecule has 0 aliphatic carbocycles. The average molecular weight is 431 g/mol. The molecule has 0 atom stereocenters. The highest BCUT2D eigenvalue weighted by molar-refractivity contribution is 7.99. The number of nitrogens with zero attached hydrogens (tertiary/aromatic N) is 3. The van der Waals surface area contributed by atoms with E-state index < -0.39 is 10.0 Å². The smallest absolute Gasteiger partial charge is 0.243 e. The number of nitrogens with one attached hydrogen (secondary N) is 1. The fourth-order valence-corrected chi connectivity index (χ4v) is 5.47. The summed E-state index contributed by atoms with van der Waals surface area (Å²) in [5, 5.41) is 0.708. The minimum atomic E-state index is -3.52. The molecule has 0 radical (unpaired) electrons. The molecule has 9 heteroatoms. The van der Waals surface area contributed by atoms with Gasteiger partial charge in [-0.25, -0.2) is 13.4 Å². The lowest BCUT2D eigenvalue weighted by Gasteiger charge is -2.34. The molecular formula is C20H22N4O3S2. The van der Waals surface area contributed by atoms with Gasteiger partial charge in [-0.2, -0.15) is 4.31 Å². The van der Waals surface area contributed by atoms with Crippen LogP contribution < -0.4 is 0 Å². The zero-order valence-electron chi connectivity index (χ0n) is 16.0. The van der Waals surface area contributed by atoms with E-state index in [-0.39, 0.29) is 11.7 Å². The number of carbonyl (C=O) groups excluding carboxylic acids is 1. The third kappa shape index (κ3) is 4.31. The lowest BCUT2D eigenvalue weighted by atomic mass is 10.2. The molecule has 2 aromatic carbocycles. The Balaban J connectivity index is 1.32. The summed E-state index contributed by atoms with van der Waals surface area (Å²) in [5.74, 6) is 0.257. The molecule has 1 saturated heterocycles. The third-order valence-electron chi connectivity index (χ3n) is 4.95. The zero-order valence-corrected chi connectivity index (χ0v) is 17.7. The van der Waals surface area contributed by atoms with Gasteiger partial charge in [0.05, 0.1) is 21.7 Å². The molecule has 3 aromatic rings. The van der Waals surface area contributed by atoms with E-state index in [4.69, 9.17) is 0 Å². The van der Waals surface area contributed by atoms with Crippen LogP contribution >= 0.6 is 11.8 Å². The number of aromatic amines is 1. The highest BCUT2D eigenvalue weighted by Crippen LogP contribution is 2.21. The second-order valence-corrected chi connectivity index (χ2v) is 9.85. The first-order valence-electron chi connectivity index (χ1n) is 9.35. The number of thioether (sulfide) groups is 1. The molecule has 1 amide bonds. The summed E-state index contributed by atoms with van der Waals surface area (Å²) in [5.41, 5.74) is 2.83. The molecule has 0 spiro atoms. The predicted octanol–water partition coefficient (Wildman–Crippen LogP) is 2.50. The van der Waals surface area contributed by atoms with Crippen LogP contribution in [0.3, 0.4) is 0 Å². The molecule has 1 aliphatic heterocycles. The van der Waals surface area contributed by atoms with E-state index in [2.05, 4.69) is 9.97 Å². The molecule has 0 bridgehead atoms. The zero-order chi connectivity index (χ0) is 20.4. The van der Waals surface area contributed by atoms with Crippen LogP contribution in [0.4, 0.5) is 0 Å². The van der Waals surface area contributed by atoms with Gasteiger partial charge >= 0.3 is 0 Å². The van der Waals surface area contributed by atoms with Crippen LogP contribution in [-0.4, -0.2) is 65.4 Å². The van der Waals surface area contributed by atoms with Gasteiger partial charge in [-0.15, -0.1) is 0 Å². The Morgan fingerprint density at radius 3 is 2.45 bits per heavy atom. The van der Waals surface area contributed by atoms with Gasteiger partial charge in [0.2, 0.25) is 15.9 Å². The number of aromatic nitrogens is 2. The van der Waals surface area contributed by atoms with Crippen molar-refractivity contribution >= 4 is 38.7 Å². The molecule has 1 aromatic heterocycles. The Labute approximate surface area is 174 Å². The summed E-state index contributed by atoms with van der Waals surface area (Å²) in [6.45, 7) is 3.31. The van der Waals surface area contributed by atoms with E-state index in [1.807, 2.05) is 31.2 Å². The molecule has 1 N–H and O–H groups in total. The highest BCUT2D eigenvalue weighted by atomic mass is 32.2. The van der Waals surface area contributed by atoms with E-state index in [9.17, 15) is 13.2 Å². The van der Waals surface area contributed by atoms with E-state index in [1.165, 1.54) is 16.1 Å². The number of aryl methyl sites for hydroxylation is 1. The summed E-state index contributed by atoms with van der Waals surface area (Å²) in [6, 6.07) is 14.6. The Kier molecular flexibility index (Phi) is 5.62. The fraction of sp³-hybridized carbons (Fsp3) is 0.300. The number of rotatable bonds is 5. The number of piperazine rings is 1. The molecule has 1 aliphatic rings. The van der Waals surface area contributed by atoms with Crippen LogP contribution in [0.5, 0.6) is 0 Å². The van der Waals surface area contributed by atoms with Crippen LogP contribution in [0, 0.1) is 6.92 Å². The van der Waals surface area contributed by atoms with Crippen molar-refractivity contribution in [2.75, 3.05) is 31.9 Å². The summed E-state index contributed by atoms with van der Waals surface area (Å²) in [6.07, 6.45) is 0. The number of hydrogen-bond acceptors (Lipinski definition) is 5. The molecule has 1 fully saturated rings. The minimum absolute atomic E-state index is 0.0113. The molecule has 29 heavy (non-hydrogen) atoms. The monoisotopic (exact) mass is 430 g/mol. The number of imidazole rings is 1. The van der Waals surface area contributed by atoms with Crippen molar-refractivity contribution in [3.63, 3.8) is 0 Å². The van der Waals surface area contributed by atoms with Crippen molar-refractivity contribution in [1.29, 1.82) is 0 Å². The molecule has 7 nitrogen and oxygen atoms in total. The first kappa shape index (κ1) is 19.9. The topological polar surface area (TPSA) is 86.4 Å². The number of H-pyrrole nitrogens is 1. The van der Waals surface area contributed by atoms with Gasteiger partial charge in [0.25, 0.3) is 0 Å².